The number of aliphatic carboxylic acids is 1. The number of nitrogens with one attached hydrogen (secondary N) is 2. The summed E-state index contributed by atoms with van der Waals surface area (Å²) in [5.41, 5.74) is 0.826. The number of hydrogen-bond donors (Lipinski definition) is 4. The largest absolute Gasteiger partial charge is 0.493 e. The van der Waals surface area contributed by atoms with Crippen molar-refractivity contribution in [3.8, 4) is 17.1 Å². The maximum atomic E-state index is 14.5. The predicted octanol–water partition coefficient (Wildman–Crippen LogP) is 4.04. The zero-order valence-corrected chi connectivity index (χ0v) is 19.6. The highest BCUT2D eigenvalue weighted by Crippen LogP contribution is 2.36. The number of aromatic nitrogens is 4. The first-order chi connectivity index (χ1) is 15.8. The number of hydrogen-bond acceptors (Lipinski definition) is 4. The number of halogens is 2. The smallest absolute Gasteiger partial charge is 0.329 e. The molecule has 0 aliphatic rings. The van der Waals surface area contributed by atoms with Crippen LogP contribution in [0.3, 0.4) is 0 Å². The van der Waals surface area contributed by atoms with Crippen LogP contribution in [0.5, 0.6) is 5.88 Å². The first kappa shape index (κ1) is 22.8. The topological polar surface area (TPSA) is 124 Å². The summed E-state index contributed by atoms with van der Waals surface area (Å²) in [5.74, 6) is -2.13. The van der Waals surface area contributed by atoms with E-state index in [-0.39, 0.29) is 11.6 Å². The summed E-state index contributed by atoms with van der Waals surface area (Å²) in [6, 6.07) is 13.3. The van der Waals surface area contributed by atoms with Crippen molar-refractivity contribution in [1.82, 2.24) is 19.5 Å². The van der Waals surface area contributed by atoms with Crippen LogP contribution in [-0.4, -0.2) is 35.7 Å². The molecule has 0 saturated heterocycles. The second-order valence-corrected chi connectivity index (χ2v) is 8.87. The molecule has 0 aliphatic heterocycles. The molecule has 0 saturated carbocycles. The third-order valence-electron chi connectivity index (χ3n) is 5.48. The Bertz CT molecular complexity index is 1360. The first-order valence-corrected chi connectivity index (χ1v) is 11.1. The van der Waals surface area contributed by atoms with Gasteiger partial charge in [-0.25, -0.2) is 14.2 Å². The number of rotatable bonds is 7. The molecule has 4 rings (SSSR count). The van der Waals surface area contributed by atoms with Crippen molar-refractivity contribution in [2.75, 3.05) is 0 Å². The Morgan fingerprint density at radius 1 is 1.21 bits per heavy atom. The van der Waals surface area contributed by atoms with Gasteiger partial charge in [-0.05, 0) is 46.4 Å². The molecule has 2 aromatic carbocycles. The van der Waals surface area contributed by atoms with E-state index in [0.717, 1.165) is 13.7 Å². The van der Waals surface area contributed by atoms with E-state index in [9.17, 15) is 19.1 Å². The Morgan fingerprint density at radius 2 is 1.94 bits per heavy atom. The number of aromatic hydroxyl groups is 1. The van der Waals surface area contributed by atoms with E-state index >= 15 is 0 Å². The van der Waals surface area contributed by atoms with Crippen molar-refractivity contribution in [1.29, 1.82) is 0 Å². The van der Waals surface area contributed by atoms with Gasteiger partial charge < -0.3 is 20.2 Å². The minimum atomic E-state index is -1.19. The number of H-pyrrole nitrogens is 2. The summed E-state index contributed by atoms with van der Waals surface area (Å²) in [4.78, 5) is 33.9. The molecule has 0 aliphatic carbocycles. The van der Waals surface area contributed by atoms with E-state index in [1.165, 1.54) is 12.3 Å². The molecule has 0 bridgehead atoms. The van der Waals surface area contributed by atoms with Crippen LogP contribution in [0.15, 0.2) is 59.5 Å². The Hall–Kier alpha value is -3.41. The van der Waals surface area contributed by atoms with E-state index in [1.807, 2.05) is 59.8 Å². The van der Waals surface area contributed by atoms with Crippen molar-refractivity contribution in [3.05, 3.63) is 91.7 Å². The molecule has 0 radical (unpaired) electrons. The fourth-order valence-electron chi connectivity index (χ4n) is 3.87. The van der Waals surface area contributed by atoms with Crippen LogP contribution in [0.1, 0.15) is 36.0 Å². The molecular formula is C23H20FIN4O4. The van der Waals surface area contributed by atoms with Crippen LogP contribution < -0.4 is 5.69 Å². The van der Waals surface area contributed by atoms with Crippen molar-refractivity contribution < 1.29 is 19.4 Å². The lowest BCUT2D eigenvalue weighted by Gasteiger charge is -2.24. The molecule has 0 fully saturated rings. The average molecular weight is 562 g/mol. The number of benzene rings is 2. The molecule has 170 valence electrons. The van der Waals surface area contributed by atoms with Crippen LogP contribution in [0.4, 0.5) is 4.39 Å². The summed E-state index contributed by atoms with van der Waals surface area (Å²) in [6.45, 7) is 1.86. The summed E-state index contributed by atoms with van der Waals surface area (Å²) >= 11 is 2.02. The Morgan fingerprint density at radius 3 is 2.61 bits per heavy atom. The van der Waals surface area contributed by atoms with Crippen LogP contribution >= 0.6 is 22.6 Å². The molecule has 4 N–H and O–H groups in total. The normalized spacial score (nSPS) is 13.1. The van der Waals surface area contributed by atoms with Crippen molar-refractivity contribution in [3.63, 3.8) is 0 Å². The highest BCUT2D eigenvalue weighted by Gasteiger charge is 2.31. The highest BCUT2D eigenvalue weighted by atomic mass is 127. The van der Waals surface area contributed by atoms with Gasteiger partial charge in [-0.3, -0.25) is 9.36 Å². The summed E-state index contributed by atoms with van der Waals surface area (Å²) in [5, 5.41) is 19.9. The quantitative estimate of drug-likeness (QED) is 0.253. The van der Waals surface area contributed by atoms with Gasteiger partial charge in [-0.15, -0.1) is 0 Å². The minimum Gasteiger partial charge on any atom is -0.493 e. The lowest BCUT2D eigenvalue weighted by molar-refractivity contribution is -0.136. The molecule has 8 nitrogen and oxygen atoms in total. The van der Waals surface area contributed by atoms with E-state index < -0.39 is 35.8 Å². The lowest BCUT2D eigenvalue weighted by Crippen LogP contribution is -2.27. The van der Waals surface area contributed by atoms with Crippen LogP contribution in [0.2, 0.25) is 0 Å². The number of aromatic amines is 2. The van der Waals surface area contributed by atoms with Gasteiger partial charge in [0.05, 0.1) is 24.0 Å². The van der Waals surface area contributed by atoms with Crippen LogP contribution in [0, 0.1) is 9.39 Å². The SMILES string of the molecule is C[C@@H](c1ccccc1)[C@@H](c1ncc(-c2ccc(I)cc2F)[nH]1)n1c(O)c(CC(=O)O)[nH]c1=O. The molecule has 4 aromatic rings. The molecule has 2 heterocycles. The first-order valence-electron chi connectivity index (χ1n) is 10.1. The molecule has 2 atom stereocenters. The Balaban J connectivity index is 1.85. The van der Waals surface area contributed by atoms with E-state index in [2.05, 4.69) is 15.0 Å². The zero-order chi connectivity index (χ0) is 23.7. The van der Waals surface area contributed by atoms with Gasteiger partial charge in [0.25, 0.3) is 0 Å². The number of carboxylic acids is 1. The fourth-order valence-corrected chi connectivity index (χ4v) is 4.33. The van der Waals surface area contributed by atoms with Crippen LogP contribution in [-0.2, 0) is 11.2 Å². The average Bonchev–Trinajstić information content (AvgIpc) is 3.35. The molecule has 2 aromatic heterocycles. The molecular weight excluding hydrogens is 542 g/mol. The molecule has 0 unspecified atom stereocenters. The summed E-state index contributed by atoms with van der Waals surface area (Å²) in [6.07, 6.45) is 0.927. The zero-order valence-electron chi connectivity index (χ0n) is 17.4. The van der Waals surface area contributed by atoms with E-state index in [1.54, 1.807) is 12.1 Å². The molecule has 33 heavy (non-hydrogen) atoms. The van der Waals surface area contributed by atoms with Crippen molar-refractivity contribution in [2.24, 2.45) is 0 Å². The van der Waals surface area contributed by atoms with E-state index in [0.29, 0.717) is 17.1 Å². The van der Waals surface area contributed by atoms with Crippen molar-refractivity contribution >= 4 is 28.6 Å². The molecule has 0 spiro atoms. The minimum absolute atomic E-state index is 0.103. The standard InChI is InChI=1S/C23H20FIN4O4/c1-12(13-5-3-2-4-6-13)20(29-22(32)17(10-19(30)31)28-23(29)33)21-26-11-18(27-21)15-8-7-14(25)9-16(15)24/h2-9,11-12,20,32H,10H2,1H3,(H,26,27)(H,28,33)(H,30,31)/t12-,20-/m0/s1. The highest BCUT2D eigenvalue weighted by molar-refractivity contribution is 14.1. The second kappa shape index (κ2) is 9.22. The van der Waals surface area contributed by atoms with Crippen molar-refractivity contribution in [2.45, 2.75) is 25.3 Å². The van der Waals surface area contributed by atoms with Gasteiger partial charge in [-0.2, -0.15) is 0 Å². The number of carbonyl (C=O) groups is 1. The Labute approximate surface area is 201 Å². The summed E-state index contributed by atoms with van der Waals surface area (Å²) < 4.78 is 16.4. The van der Waals surface area contributed by atoms with Gasteiger partial charge in [0.2, 0.25) is 5.88 Å². The monoisotopic (exact) mass is 562 g/mol. The van der Waals surface area contributed by atoms with Gasteiger partial charge in [0.15, 0.2) is 0 Å². The molecule has 0 amide bonds. The maximum Gasteiger partial charge on any atom is 0.329 e. The predicted molar refractivity (Wildman–Crippen MR) is 128 cm³/mol. The van der Waals surface area contributed by atoms with Crippen LogP contribution in [0.25, 0.3) is 11.3 Å². The third kappa shape index (κ3) is 4.56. The number of imidazole rings is 2. The second-order valence-electron chi connectivity index (χ2n) is 7.62. The van der Waals surface area contributed by atoms with Gasteiger partial charge in [0.1, 0.15) is 17.7 Å². The fraction of sp³-hybridized carbons (Fsp3) is 0.174. The van der Waals surface area contributed by atoms with Gasteiger partial charge >= 0.3 is 11.7 Å². The van der Waals surface area contributed by atoms with E-state index in [4.69, 9.17) is 5.11 Å². The molecule has 10 heteroatoms. The summed E-state index contributed by atoms with van der Waals surface area (Å²) in [7, 11) is 0. The maximum absolute atomic E-state index is 14.5. The Kier molecular flexibility index (Phi) is 6.36. The number of carboxylic acid groups (broad SMARTS) is 1. The number of nitrogens with zero attached hydrogens (tertiary/aromatic N) is 2. The third-order valence-corrected chi connectivity index (χ3v) is 6.15. The lowest BCUT2D eigenvalue weighted by atomic mass is 9.92. The van der Waals surface area contributed by atoms with Gasteiger partial charge in [0, 0.05) is 15.1 Å². The van der Waals surface area contributed by atoms with Gasteiger partial charge in [-0.1, -0.05) is 37.3 Å².